The van der Waals surface area contributed by atoms with Gasteiger partial charge in [0.25, 0.3) is 0 Å². The lowest BCUT2D eigenvalue weighted by molar-refractivity contribution is 0.597. The van der Waals surface area contributed by atoms with E-state index in [0.29, 0.717) is 0 Å². The average Bonchev–Trinajstić information content (AvgIpc) is 3.79. The number of hydrogen-bond acceptors (Lipinski definition) is 1. The van der Waals surface area contributed by atoms with Gasteiger partial charge >= 0.3 is 0 Å². The zero-order valence-electron chi connectivity index (χ0n) is 26.1. The first-order chi connectivity index (χ1) is 23.8. The summed E-state index contributed by atoms with van der Waals surface area (Å²) in [6, 6.07) is 63.2. The van der Waals surface area contributed by atoms with Gasteiger partial charge in [-0.15, -0.1) is 0 Å². The van der Waals surface area contributed by atoms with Crippen LogP contribution in [0.25, 0.3) is 93.6 Å². The van der Waals surface area contributed by atoms with Crippen LogP contribution in [0.4, 0.5) is 0 Å². The molecule has 0 aliphatic carbocycles. The highest BCUT2D eigenvalue weighted by Gasteiger charge is 2.18. The van der Waals surface area contributed by atoms with Gasteiger partial charge in [0.15, 0.2) is 0 Å². The van der Waals surface area contributed by atoms with Crippen molar-refractivity contribution in [3.8, 4) is 39.5 Å². The third-order valence-electron chi connectivity index (χ3n) is 9.82. The molecule has 0 spiro atoms. The molecule has 0 bridgehead atoms. The van der Waals surface area contributed by atoms with Gasteiger partial charge in [-0.1, -0.05) is 140 Å². The van der Waals surface area contributed by atoms with Crippen LogP contribution in [0, 0.1) is 0 Å². The van der Waals surface area contributed by atoms with Gasteiger partial charge in [-0.3, -0.25) is 0 Å². The molecule has 0 aliphatic heterocycles. The van der Waals surface area contributed by atoms with Crippen molar-refractivity contribution in [2.24, 2.45) is 0 Å². The predicted octanol–water partition coefficient (Wildman–Crippen LogP) is 12.8. The Morgan fingerprint density at radius 2 is 0.792 bits per heavy atom. The van der Waals surface area contributed by atoms with Crippen molar-refractivity contribution < 1.29 is 4.42 Å². The fourth-order valence-electron chi connectivity index (χ4n) is 7.62. The molecule has 10 rings (SSSR count). The lowest BCUT2D eigenvalue weighted by Crippen LogP contribution is -1.98. The predicted molar refractivity (Wildman–Crippen MR) is 202 cm³/mol. The van der Waals surface area contributed by atoms with Crippen molar-refractivity contribution in [1.29, 1.82) is 0 Å². The molecule has 2 aromatic heterocycles. The van der Waals surface area contributed by atoms with Crippen LogP contribution >= 0.6 is 0 Å². The molecule has 2 heteroatoms. The summed E-state index contributed by atoms with van der Waals surface area (Å²) < 4.78 is 8.91. The number of furan rings is 1. The Labute approximate surface area is 277 Å². The molecule has 10 aromatic rings. The van der Waals surface area contributed by atoms with E-state index in [4.69, 9.17) is 4.42 Å². The molecule has 0 saturated carbocycles. The number of rotatable bonds is 4. The molecule has 2 nitrogen and oxygen atoms in total. The van der Waals surface area contributed by atoms with E-state index in [1.54, 1.807) is 0 Å². The van der Waals surface area contributed by atoms with Crippen LogP contribution in [0.1, 0.15) is 0 Å². The molecule has 48 heavy (non-hydrogen) atoms. The number of fused-ring (bicyclic) bond motifs is 9. The highest BCUT2D eigenvalue weighted by molar-refractivity contribution is 6.25. The minimum Gasteiger partial charge on any atom is -0.456 e. The normalized spacial score (nSPS) is 11.8. The second kappa shape index (κ2) is 10.6. The Hall–Kier alpha value is -6.38. The maximum absolute atomic E-state index is 6.49. The largest absolute Gasteiger partial charge is 0.456 e. The third-order valence-corrected chi connectivity index (χ3v) is 9.82. The van der Waals surface area contributed by atoms with Crippen molar-refractivity contribution in [3.05, 3.63) is 176 Å². The van der Waals surface area contributed by atoms with E-state index in [-0.39, 0.29) is 0 Å². The molecular formula is C46H29NO. The van der Waals surface area contributed by atoms with Gasteiger partial charge in [-0.2, -0.15) is 0 Å². The molecule has 0 aliphatic rings. The van der Waals surface area contributed by atoms with Crippen LogP contribution in [-0.4, -0.2) is 4.57 Å². The number of para-hydroxylation sites is 2. The van der Waals surface area contributed by atoms with Gasteiger partial charge in [0, 0.05) is 27.5 Å². The SMILES string of the molecule is c1ccc(-c2ccc(-c3ccc(-c4ccc5c6ccccc6c6ccccc6c5c4)c(-n4c5ccccc5c5ccccc54)c3)o2)cc1. The number of nitrogens with zero attached hydrogens (tertiary/aromatic N) is 1. The fourth-order valence-corrected chi connectivity index (χ4v) is 7.62. The highest BCUT2D eigenvalue weighted by atomic mass is 16.3. The minimum atomic E-state index is 0.846. The Morgan fingerprint density at radius 1 is 0.312 bits per heavy atom. The molecule has 0 atom stereocenters. The first-order valence-corrected chi connectivity index (χ1v) is 16.4. The molecule has 0 saturated heterocycles. The van der Waals surface area contributed by atoms with Gasteiger partial charge in [0.05, 0.1) is 16.7 Å². The Balaban J connectivity index is 1.26. The summed E-state index contributed by atoms with van der Waals surface area (Å²) in [5.41, 5.74) is 7.92. The van der Waals surface area contributed by atoms with E-state index in [1.807, 2.05) is 18.2 Å². The number of aromatic nitrogens is 1. The van der Waals surface area contributed by atoms with Gasteiger partial charge < -0.3 is 8.98 Å². The molecule has 0 N–H and O–H groups in total. The lowest BCUT2D eigenvalue weighted by atomic mass is 9.91. The second-order valence-corrected chi connectivity index (χ2v) is 12.5. The van der Waals surface area contributed by atoms with Crippen LogP contribution < -0.4 is 0 Å². The highest BCUT2D eigenvalue weighted by Crippen LogP contribution is 2.42. The monoisotopic (exact) mass is 611 g/mol. The summed E-state index contributed by atoms with van der Waals surface area (Å²) >= 11 is 0. The third kappa shape index (κ3) is 4.06. The molecule has 2 heterocycles. The van der Waals surface area contributed by atoms with E-state index in [2.05, 4.69) is 162 Å². The standard InChI is InChI=1S/C46H29NO/c1-2-12-30(13-3-1)45-26-27-46(48-45)32-23-24-33(44(29-32)47-42-20-10-8-18-39(42)40-19-9-11-21-43(40)47)31-22-25-38-36-16-5-4-14-34(36)35-15-6-7-17-37(35)41(38)28-31/h1-29H. The lowest BCUT2D eigenvalue weighted by Gasteiger charge is -2.17. The van der Waals surface area contributed by atoms with Crippen LogP contribution in [-0.2, 0) is 0 Å². The first-order valence-electron chi connectivity index (χ1n) is 16.4. The number of hydrogen-bond donors (Lipinski definition) is 0. The Morgan fingerprint density at radius 3 is 1.42 bits per heavy atom. The summed E-state index contributed by atoms with van der Waals surface area (Å²) in [7, 11) is 0. The van der Waals surface area contributed by atoms with Crippen molar-refractivity contribution in [3.63, 3.8) is 0 Å². The van der Waals surface area contributed by atoms with Crippen LogP contribution in [0.15, 0.2) is 180 Å². The Bertz CT molecular complexity index is 2750. The molecule has 8 aromatic carbocycles. The minimum absolute atomic E-state index is 0.846. The van der Waals surface area contributed by atoms with Crippen LogP contribution in [0.5, 0.6) is 0 Å². The summed E-state index contributed by atoms with van der Waals surface area (Å²) in [4.78, 5) is 0. The van der Waals surface area contributed by atoms with Crippen LogP contribution in [0.2, 0.25) is 0 Å². The van der Waals surface area contributed by atoms with E-state index < -0.39 is 0 Å². The van der Waals surface area contributed by atoms with E-state index in [0.717, 1.165) is 28.3 Å². The van der Waals surface area contributed by atoms with Gasteiger partial charge in [-0.05, 0) is 74.3 Å². The summed E-state index contributed by atoms with van der Waals surface area (Å²) in [5.74, 6) is 1.71. The molecule has 0 unspecified atom stereocenters. The maximum atomic E-state index is 6.49. The molecule has 0 amide bonds. The van der Waals surface area contributed by atoms with Crippen molar-refractivity contribution in [1.82, 2.24) is 4.57 Å². The fraction of sp³-hybridized carbons (Fsp3) is 0. The molecule has 224 valence electrons. The van der Waals surface area contributed by atoms with E-state index in [9.17, 15) is 0 Å². The van der Waals surface area contributed by atoms with Crippen molar-refractivity contribution in [2.45, 2.75) is 0 Å². The van der Waals surface area contributed by atoms with Gasteiger partial charge in [-0.25, -0.2) is 0 Å². The second-order valence-electron chi connectivity index (χ2n) is 12.5. The van der Waals surface area contributed by atoms with E-state index in [1.165, 1.54) is 65.3 Å². The zero-order valence-corrected chi connectivity index (χ0v) is 26.1. The molecular weight excluding hydrogens is 583 g/mol. The molecule has 0 fully saturated rings. The summed E-state index contributed by atoms with van der Waals surface area (Å²) in [5, 5.41) is 10.1. The van der Waals surface area contributed by atoms with Gasteiger partial charge in [0.2, 0.25) is 0 Å². The van der Waals surface area contributed by atoms with Crippen molar-refractivity contribution in [2.75, 3.05) is 0 Å². The van der Waals surface area contributed by atoms with Crippen molar-refractivity contribution >= 4 is 54.1 Å². The first kappa shape index (κ1) is 26.8. The number of benzene rings is 8. The summed E-state index contributed by atoms with van der Waals surface area (Å²) in [6.07, 6.45) is 0. The zero-order chi connectivity index (χ0) is 31.6. The Kier molecular flexibility index (Phi) is 5.91. The maximum Gasteiger partial charge on any atom is 0.134 e. The van der Waals surface area contributed by atoms with Gasteiger partial charge in [0.1, 0.15) is 11.5 Å². The van der Waals surface area contributed by atoms with E-state index >= 15 is 0 Å². The molecule has 0 radical (unpaired) electrons. The quantitative estimate of drug-likeness (QED) is 0.181. The van der Waals surface area contributed by atoms with Crippen LogP contribution in [0.3, 0.4) is 0 Å². The summed E-state index contributed by atoms with van der Waals surface area (Å²) in [6.45, 7) is 0. The smallest absolute Gasteiger partial charge is 0.134 e. The topological polar surface area (TPSA) is 18.1 Å². The average molecular weight is 612 g/mol.